The molecule has 0 radical (unpaired) electrons. The number of likely N-dealkylation sites (tertiary alicyclic amines) is 1. The van der Waals surface area contributed by atoms with E-state index in [-0.39, 0.29) is 12.5 Å². The lowest BCUT2D eigenvalue weighted by Gasteiger charge is -2.30. The number of anilines is 1. The van der Waals surface area contributed by atoms with E-state index >= 15 is 0 Å². The summed E-state index contributed by atoms with van der Waals surface area (Å²) in [5.41, 5.74) is 6.62. The first-order valence-corrected chi connectivity index (χ1v) is 7.55. The maximum absolute atomic E-state index is 12.6. The first-order chi connectivity index (χ1) is 9.70. The van der Waals surface area contributed by atoms with Crippen LogP contribution in [0.15, 0.2) is 18.3 Å². The monoisotopic (exact) mass is 291 g/mol. The molecular weight excluding hydrogens is 274 g/mol. The number of thiophene rings is 1. The minimum absolute atomic E-state index is 0.0121. The van der Waals surface area contributed by atoms with E-state index in [1.165, 1.54) is 11.3 Å². The van der Waals surface area contributed by atoms with E-state index < -0.39 is 0 Å². The average Bonchev–Trinajstić information content (AvgIpc) is 2.84. The number of nitrogens with two attached hydrogens (primary N) is 1. The number of rotatable bonds is 2. The zero-order valence-corrected chi connectivity index (χ0v) is 11.9. The zero-order chi connectivity index (χ0) is 14.1. The summed E-state index contributed by atoms with van der Waals surface area (Å²) < 4.78 is 0. The van der Waals surface area contributed by atoms with E-state index in [1.54, 1.807) is 6.20 Å². The van der Waals surface area contributed by atoms with Gasteiger partial charge in [-0.1, -0.05) is 0 Å². The standard InChI is InChI=1S/C14H17N3O2S/c15-11-10-2-1-5-16-13(10)20-12(11)14(19)17-6-3-9(8-18)4-7-17/h1-2,5,9,18H,3-4,6-8,15H2. The predicted octanol–water partition coefficient (Wildman–Crippen LogP) is 1.72. The Morgan fingerprint density at radius 1 is 1.50 bits per heavy atom. The molecule has 3 heterocycles. The summed E-state index contributed by atoms with van der Waals surface area (Å²) >= 11 is 1.36. The van der Waals surface area contributed by atoms with Crippen LogP contribution in [0.5, 0.6) is 0 Å². The zero-order valence-electron chi connectivity index (χ0n) is 11.1. The molecule has 5 nitrogen and oxygen atoms in total. The highest BCUT2D eigenvalue weighted by atomic mass is 32.1. The number of hydrogen-bond acceptors (Lipinski definition) is 5. The van der Waals surface area contributed by atoms with Gasteiger partial charge in [-0.2, -0.15) is 0 Å². The number of carbonyl (C=O) groups is 1. The second-order valence-corrected chi connectivity index (χ2v) is 6.12. The summed E-state index contributed by atoms with van der Waals surface area (Å²) in [6, 6.07) is 3.72. The minimum atomic E-state index is -0.0121. The van der Waals surface area contributed by atoms with Gasteiger partial charge in [-0.3, -0.25) is 4.79 Å². The molecule has 2 aromatic rings. The molecule has 0 bridgehead atoms. The number of fused-ring (bicyclic) bond motifs is 1. The molecule has 0 spiro atoms. The predicted molar refractivity (Wildman–Crippen MR) is 79.7 cm³/mol. The second-order valence-electron chi connectivity index (χ2n) is 5.12. The SMILES string of the molecule is Nc1c(C(=O)N2CCC(CO)CC2)sc2ncccc12. The molecule has 1 saturated heterocycles. The Labute approximate surface area is 121 Å². The van der Waals surface area contributed by atoms with Crippen LogP contribution >= 0.6 is 11.3 Å². The van der Waals surface area contributed by atoms with Gasteiger partial charge in [0.25, 0.3) is 5.91 Å². The van der Waals surface area contributed by atoms with Gasteiger partial charge in [-0.15, -0.1) is 11.3 Å². The van der Waals surface area contributed by atoms with Crippen molar-refractivity contribution in [3.8, 4) is 0 Å². The molecule has 0 saturated carbocycles. The summed E-state index contributed by atoms with van der Waals surface area (Å²) in [7, 11) is 0. The molecule has 106 valence electrons. The largest absolute Gasteiger partial charge is 0.397 e. The van der Waals surface area contributed by atoms with Crippen molar-refractivity contribution in [1.29, 1.82) is 0 Å². The van der Waals surface area contributed by atoms with Crippen LogP contribution in [-0.4, -0.2) is 40.6 Å². The van der Waals surface area contributed by atoms with Crippen LogP contribution in [0, 0.1) is 5.92 Å². The first kappa shape index (κ1) is 13.3. The van der Waals surface area contributed by atoms with Gasteiger partial charge in [0.15, 0.2) is 0 Å². The van der Waals surface area contributed by atoms with Crippen molar-refractivity contribution >= 4 is 33.1 Å². The van der Waals surface area contributed by atoms with Crippen LogP contribution in [0.3, 0.4) is 0 Å². The molecule has 2 aromatic heterocycles. The van der Waals surface area contributed by atoms with Crippen LogP contribution < -0.4 is 5.73 Å². The molecule has 0 aliphatic carbocycles. The van der Waals surface area contributed by atoms with E-state index in [4.69, 9.17) is 10.8 Å². The fourth-order valence-electron chi connectivity index (χ4n) is 2.57. The van der Waals surface area contributed by atoms with Gasteiger partial charge in [-0.25, -0.2) is 4.98 Å². The quantitative estimate of drug-likeness (QED) is 0.883. The molecule has 1 fully saturated rings. The van der Waals surface area contributed by atoms with Gasteiger partial charge < -0.3 is 15.7 Å². The lowest BCUT2D eigenvalue weighted by molar-refractivity contribution is 0.0656. The van der Waals surface area contributed by atoms with Gasteiger partial charge in [0.1, 0.15) is 9.71 Å². The Balaban J connectivity index is 1.84. The molecular formula is C14H17N3O2S. The van der Waals surface area contributed by atoms with Crippen molar-refractivity contribution in [2.24, 2.45) is 5.92 Å². The Morgan fingerprint density at radius 2 is 2.25 bits per heavy atom. The fraction of sp³-hybridized carbons (Fsp3) is 0.429. The maximum atomic E-state index is 12.6. The highest BCUT2D eigenvalue weighted by molar-refractivity contribution is 7.21. The number of aliphatic hydroxyl groups excluding tert-OH is 1. The molecule has 1 aliphatic rings. The van der Waals surface area contributed by atoms with E-state index in [9.17, 15) is 4.79 Å². The Kier molecular flexibility index (Phi) is 3.58. The lowest BCUT2D eigenvalue weighted by atomic mass is 9.98. The van der Waals surface area contributed by atoms with E-state index in [0.29, 0.717) is 29.6 Å². The van der Waals surface area contributed by atoms with Crippen molar-refractivity contribution in [1.82, 2.24) is 9.88 Å². The fourth-order valence-corrected chi connectivity index (χ4v) is 3.60. The van der Waals surface area contributed by atoms with Crippen molar-refractivity contribution in [3.63, 3.8) is 0 Å². The smallest absolute Gasteiger partial charge is 0.266 e. The molecule has 0 aromatic carbocycles. The Morgan fingerprint density at radius 3 is 2.90 bits per heavy atom. The molecule has 20 heavy (non-hydrogen) atoms. The summed E-state index contributed by atoms with van der Waals surface area (Å²) in [4.78, 5) is 20.0. The van der Waals surface area contributed by atoms with Crippen LogP contribution in [0.1, 0.15) is 22.5 Å². The van der Waals surface area contributed by atoms with Gasteiger partial charge in [0.05, 0.1) is 5.69 Å². The highest BCUT2D eigenvalue weighted by Gasteiger charge is 2.26. The number of nitrogen functional groups attached to an aromatic ring is 1. The second kappa shape index (κ2) is 5.38. The van der Waals surface area contributed by atoms with Gasteiger partial charge in [0.2, 0.25) is 0 Å². The highest BCUT2D eigenvalue weighted by Crippen LogP contribution is 2.33. The molecule has 1 aliphatic heterocycles. The third-order valence-electron chi connectivity index (χ3n) is 3.86. The molecule has 3 rings (SSSR count). The summed E-state index contributed by atoms with van der Waals surface area (Å²) in [6.07, 6.45) is 3.41. The van der Waals surface area contributed by atoms with Crippen LogP contribution in [0.25, 0.3) is 10.2 Å². The number of aromatic nitrogens is 1. The average molecular weight is 291 g/mol. The number of amides is 1. The summed E-state index contributed by atoms with van der Waals surface area (Å²) in [5, 5.41) is 10.00. The van der Waals surface area contributed by atoms with Gasteiger partial charge in [-0.05, 0) is 30.9 Å². The molecule has 6 heteroatoms. The van der Waals surface area contributed by atoms with Crippen LogP contribution in [-0.2, 0) is 0 Å². The third kappa shape index (κ3) is 2.25. The van der Waals surface area contributed by atoms with Crippen molar-refractivity contribution < 1.29 is 9.90 Å². The van der Waals surface area contributed by atoms with Crippen LogP contribution in [0.2, 0.25) is 0 Å². The number of nitrogens with zero attached hydrogens (tertiary/aromatic N) is 2. The lowest BCUT2D eigenvalue weighted by Crippen LogP contribution is -2.39. The normalized spacial score (nSPS) is 16.8. The summed E-state index contributed by atoms with van der Waals surface area (Å²) in [6.45, 7) is 1.58. The van der Waals surface area contributed by atoms with E-state index in [0.717, 1.165) is 23.1 Å². The molecule has 0 unspecified atom stereocenters. The number of aliphatic hydroxyl groups is 1. The van der Waals surface area contributed by atoms with Gasteiger partial charge >= 0.3 is 0 Å². The molecule has 0 atom stereocenters. The van der Waals surface area contributed by atoms with E-state index in [1.807, 2.05) is 17.0 Å². The van der Waals surface area contributed by atoms with Crippen molar-refractivity contribution in [2.45, 2.75) is 12.8 Å². The number of carbonyl (C=O) groups excluding carboxylic acids is 1. The number of pyridine rings is 1. The molecule has 1 amide bonds. The first-order valence-electron chi connectivity index (χ1n) is 6.74. The Bertz CT molecular complexity index is 632. The van der Waals surface area contributed by atoms with Crippen LogP contribution in [0.4, 0.5) is 5.69 Å². The van der Waals surface area contributed by atoms with Crippen molar-refractivity contribution in [2.75, 3.05) is 25.4 Å². The minimum Gasteiger partial charge on any atom is -0.397 e. The van der Waals surface area contributed by atoms with E-state index in [2.05, 4.69) is 4.98 Å². The number of hydrogen-bond donors (Lipinski definition) is 2. The Hall–Kier alpha value is -1.66. The molecule has 3 N–H and O–H groups in total. The number of piperidine rings is 1. The maximum Gasteiger partial charge on any atom is 0.266 e. The topological polar surface area (TPSA) is 79.5 Å². The summed E-state index contributed by atoms with van der Waals surface area (Å²) in [5.74, 6) is 0.308. The third-order valence-corrected chi connectivity index (χ3v) is 4.98. The van der Waals surface area contributed by atoms with Gasteiger partial charge in [0, 0.05) is 31.3 Å². The van der Waals surface area contributed by atoms with Crippen molar-refractivity contribution in [3.05, 3.63) is 23.2 Å².